The van der Waals surface area contributed by atoms with Gasteiger partial charge in [0.15, 0.2) is 0 Å². The predicted octanol–water partition coefficient (Wildman–Crippen LogP) is 2.76. The highest BCUT2D eigenvalue weighted by atomic mass is 35.5. The molecule has 5 heteroatoms. The maximum absolute atomic E-state index is 6.20. The summed E-state index contributed by atoms with van der Waals surface area (Å²) >= 11 is 8.28. The van der Waals surface area contributed by atoms with Crippen molar-refractivity contribution < 1.29 is 0 Å². The van der Waals surface area contributed by atoms with E-state index in [1.54, 1.807) is 4.68 Å². The summed E-state index contributed by atoms with van der Waals surface area (Å²) in [6.45, 7) is 6.21. The molecule has 96 valence electrons. The van der Waals surface area contributed by atoms with Crippen molar-refractivity contribution in [3.63, 3.8) is 0 Å². The van der Waals surface area contributed by atoms with Gasteiger partial charge in [-0.1, -0.05) is 11.6 Å². The van der Waals surface area contributed by atoms with Gasteiger partial charge in [-0.05, 0) is 32.4 Å². The van der Waals surface area contributed by atoms with Crippen LogP contribution in [-0.4, -0.2) is 26.8 Å². The van der Waals surface area contributed by atoms with Crippen molar-refractivity contribution in [2.45, 2.75) is 38.0 Å². The molecule has 1 atom stereocenters. The monoisotopic (exact) mass is 273 g/mol. The van der Waals surface area contributed by atoms with Crippen molar-refractivity contribution in [1.82, 2.24) is 15.1 Å². The maximum Gasteiger partial charge on any atom is 0.131 e. The molecule has 3 nitrogen and oxygen atoms in total. The Kier molecular flexibility index (Phi) is 4.06. The third kappa shape index (κ3) is 2.98. The van der Waals surface area contributed by atoms with E-state index in [0.29, 0.717) is 4.75 Å². The van der Waals surface area contributed by atoms with E-state index in [4.69, 9.17) is 11.6 Å². The fraction of sp³-hybridized carbons (Fsp3) is 0.750. The molecule has 0 bridgehead atoms. The Morgan fingerprint density at radius 1 is 1.59 bits per heavy atom. The second kappa shape index (κ2) is 5.21. The van der Waals surface area contributed by atoms with Crippen LogP contribution in [0.3, 0.4) is 0 Å². The summed E-state index contributed by atoms with van der Waals surface area (Å²) < 4.78 is 2.14. The first-order valence-electron chi connectivity index (χ1n) is 6.04. The van der Waals surface area contributed by atoms with Gasteiger partial charge in [0.05, 0.1) is 5.69 Å². The first-order chi connectivity index (χ1) is 8.02. The SMILES string of the molecule is Cc1nn(C)c(Cl)c1CNCC1(C)CCCS1. The van der Waals surface area contributed by atoms with Crippen molar-refractivity contribution in [3.05, 3.63) is 16.4 Å². The van der Waals surface area contributed by atoms with Gasteiger partial charge >= 0.3 is 0 Å². The lowest BCUT2D eigenvalue weighted by Gasteiger charge is -2.22. The number of halogens is 1. The molecule has 1 aromatic rings. The molecule has 0 amide bonds. The fourth-order valence-corrected chi connectivity index (χ4v) is 3.82. The Balaban J connectivity index is 1.89. The molecule has 17 heavy (non-hydrogen) atoms. The zero-order chi connectivity index (χ0) is 12.5. The molecule has 1 unspecified atom stereocenters. The molecule has 1 fully saturated rings. The van der Waals surface area contributed by atoms with Gasteiger partial charge in [0.2, 0.25) is 0 Å². The minimum absolute atomic E-state index is 0.405. The molecular formula is C12H20ClN3S. The quantitative estimate of drug-likeness (QED) is 0.915. The Hall–Kier alpha value is -0.190. The van der Waals surface area contributed by atoms with Crippen LogP contribution < -0.4 is 5.32 Å². The van der Waals surface area contributed by atoms with Crippen molar-refractivity contribution in [2.24, 2.45) is 7.05 Å². The van der Waals surface area contributed by atoms with Gasteiger partial charge in [0.25, 0.3) is 0 Å². The number of rotatable bonds is 4. The van der Waals surface area contributed by atoms with E-state index in [-0.39, 0.29) is 0 Å². The highest BCUT2D eigenvalue weighted by Gasteiger charge is 2.28. The van der Waals surface area contributed by atoms with Gasteiger partial charge in [-0.25, -0.2) is 0 Å². The highest BCUT2D eigenvalue weighted by Crippen LogP contribution is 2.37. The Bertz CT molecular complexity index is 397. The molecule has 1 aliphatic rings. The van der Waals surface area contributed by atoms with Crippen LogP contribution in [-0.2, 0) is 13.6 Å². The van der Waals surface area contributed by atoms with Crippen LogP contribution in [0.25, 0.3) is 0 Å². The highest BCUT2D eigenvalue weighted by molar-refractivity contribution is 8.00. The number of nitrogens with zero attached hydrogens (tertiary/aromatic N) is 2. The van der Waals surface area contributed by atoms with Crippen LogP contribution in [0.5, 0.6) is 0 Å². The molecule has 1 aliphatic heterocycles. The molecule has 1 N–H and O–H groups in total. The minimum Gasteiger partial charge on any atom is -0.311 e. The Morgan fingerprint density at radius 2 is 2.35 bits per heavy atom. The van der Waals surface area contributed by atoms with Crippen LogP contribution in [0.2, 0.25) is 5.15 Å². The summed E-state index contributed by atoms with van der Waals surface area (Å²) in [5, 5.41) is 8.59. The van der Waals surface area contributed by atoms with Crippen molar-refractivity contribution in [2.75, 3.05) is 12.3 Å². The molecule has 1 saturated heterocycles. The molecule has 2 rings (SSSR count). The van der Waals surface area contributed by atoms with Gasteiger partial charge < -0.3 is 5.32 Å². The summed E-state index contributed by atoms with van der Waals surface area (Å²) in [7, 11) is 1.88. The van der Waals surface area contributed by atoms with Crippen LogP contribution >= 0.6 is 23.4 Å². The van der Waals surface area contributed by atoms with Crippen molar-refractivity contribution in [3.8, 4) is 0 Å². The lowest BCUT2D eigenvalue weighted by Crippen LogP contribution is -2.32. The second-order valence-corrected chi connectivity index (χ2v) is 7.02. The van der Waals surface area contributed by atoms with Crippen LogP contribution in [0.4, 0.5) is 0 Å². The summed E-state index contributed by atoms with van der Waals surface area (Å²) in [4.78, 5) is 0. The van der Waals surface area contributed by atoms with E-state index in [0.717, 1.165) is 29.5 Å². The first-order valence-corrected chi connectivity index (χ1v) is 7.41. The average Bonchev–Trinajstić information content (AvgIpc) is 2.79. The van der Waals surface area contributed by atoms with E-state index in [1.807, 2.05) is 14.0 Å². The molecule has 0 aromatic carbocycles. The summed E-state index contributed by atoms with van der Waals surface area (Å²) in [6.07, 6.45) is 2.65. The molecule has 0 saturated carbocycles. The molecule has 1 aromatic heterocycles. The lowest BCUT2D eigenvalue weighted by molar-refractivity contribution is 0.536. The number of hydrogen-bond donors (Lipinski definition) is 1. The van der Waals surface area contributed by atoms with E-state index in [2.05, 4.69) is 29.1 Å². The first kappa shape index (κ1) is 13.2. The molecule has 0 radical (unpaired) electrons. The molecule has 0 aliphatic carbocycles. The van der Waals surface area contributed by atoms with Gasteiger partial charge in [-0.3, -0.25) is 4.68 Å². The van der Waals surface area contributed by atoms with E-state index in [1.165, 1.54) is 18.6 Å². The lowest BCUT2D eigenvalue weighted by atomic mass is 10.1. The predicted molar refractivity (Wildman–Crippen MR) is 74.8 cm³/mol. The average molecular weight is 274 g/mol. The van der Waals surface area contributed by atoms with E-state index in [9.17, 15) is 0 Å². The number of aromatic nitrogens is 2. The Labute approximate surface area is 112 Å². The van der Waals surface area contributed by atoms with Gasteiger partial charge in [0.1, 0.15) is 5.15 Å². The number of nitrogens with one attached hydrogen (secondary N) is 1. The number of hydrogen-bond acceptors (Lipinski definition) is 3. The maximum atomic E-state index is 6.20. The zero-order valence-electron chi connectivity index (χ0n) is 10.7. The van der Waals surface area contributed by atoms with Crippen LogP contribution in [0.1, 0.15) is 31.0 Å². The number of aryl methyl sites for hydroxylation is 2. The topological polar surface area (TPSA) is 29.9 Å². The minimum atomic E-state index is 0.405. The third-order valence-electron chi connectivity index (χ3n) is 3.37. The number of thioether (sulfide) groups is 1. The summed E-state index contributed by atoms with van der Waals surface area (Å²) in [5.41, 5.74) is 2.15. The molecule has 2 heterocycles. The van der Waals surface area contributed by atoms with Gasteiger partial charge in [-0.15, -0.1) is 0 Å². The van der Waals surface area contributed by atoms with E-state index >= 15 is 0 Å². The third-order valence-corrected chi connectivity index (χ3v) is 5.38. The van der Waals surface area contributed by atoms with Crippen LogP contribution in [0.15, 0.2) is 0 Å². The summed E-state index contributed by atoms with van der Waals surface area (Å²) in [5.74, 6) is 1.30. The summed E-state index contributed by atoms with van der Waals surface area (Å²) in [6, 6.07) is 0. The largest absolute Gasteiger partial charge is 0.311 e. The van der Waals surface area contributed by atoms with Crippen molar-refractivity contribution >= 4 is 23.4 Å². The van der Waals surface area contributed by atoms with Gasteiger partial charge in [0, 0.05) is 30.4 Å². The van der Waals surface area contributed by atoms with Gasteiger partial charge in [-0.2, -0.15) is 16.9 Å². The van der Waals surface area contributed by atoms with Crippen molar-refractivity contribution in [1.29, 1.82) is 0 Å². The fourth-order valence-electron chi connectivity index (χ4n) is 2.30. The van der Waals surface area contributed by atoms with E-state index < -0.39 is 0 Å². The molecular weight excluding hydrogens is 254 g/mol. The second-order valence-electron chi connectivity index (χ2n) is 4.98. The zero-order valence-corrected chi connectivity index (χ0v) is 12.3. The normalized spacial score (nSPS) is 24.5. The standard InChI is InChI=1S/C12H20ClN3S/c1-9-10(11(13)16(3)15-9)7-14-8-12(2)5-4-6-17-12/h14H,4-8H2,1-3H3. The Morgan fingerprint density at radius 3 is 2.88 bits per heavy atom. The smallest absolute Gasteiger partial charge is 0.131 e. The molecule has 0 spiro atoms. The van der Waals surface area contributed by atoms with Crippen LogP contribution in [0, 0.1) is 6.92 Å².